The summed E-state index contributed by atoms with van der Waals surface area (Å²) in [6, 6.07) is 21.4. The van der Waals surface area contributed by atoms with Crippen molar-refractivity contribution in [2.75, 3.05) is 0 Å². The van der Waals surface area contributed by atoms with Gasteiger partial charge in [-0.05, 0) is 19.1 Å². The summed E-state index contributed by atoms with van der Waals surface area (Å²) in [7, 11) is -1.92. The second kappa shape index (κ2) is 7.46. The zero-order chi connectivity index (χ0) is 15.5. The van der Waals surface area contributed by atoms with Crippen LogP contribution < -0.4 is 5.19 Å². The second-order valence-electron chi connectivity index (χ2n) is 6.92. The molecule has 0 saturated carbocycles. The molecule has 2 aromatic rings. The first kappa shape index (κ1) is 19.0. The average Bonchev–Trinajstić information content (AvgIpc) is 2.45. The molecule has 22 heavy (non-hydrogen) atoms. The third kappa shape index (κ3) is 4.46. The molecule has 0 radical (unpaired) electrons. The normalized spacial score (nSPS) is 14.9. The zero-order valence-electron chi connectivity index (χ0n) is 13.9. The van der Waals surface area contributed by atoms with Gasteiger partial charge >= 0.3 is 17.1 Å². The molecule has 0 spiro atoms. The molecule has 0 heterocycles. The van der Waals surface area contributed by atoms with Crippen molar-refractivity contribution in [3.8, 4) is 0 Å². The maximum Gasteiger partial charge on any atom is 1.00 e. The fourth-order valence-electron chi connectivity index (χ4n) is 2.88. The van der Waals surface area contributed by atoms with Crippen molar-refractivity contribution in [3.05, 3.63) is 78.0 Å². The minimum Gasteiger partial charge on any atom is -0.334 e. The SMILES string of the molecule is [CH2-][Si](C)(/C(=C\c1ccccc1)C(C)(C)C)c1ccccc1.[Cu+]. The molecule has 2 aromatic carbocycles. The van der Waals surface area contributed by atoms with Crippen LogP contribution in [0.25, 0.3) is 6.08 Å². The van der Waals surface area contributed by atoms with Crippen LogP contribution in [0.2, 0.25) is 6.55 Å². The third-order valence-corrected chi connectivity index (χ3v) is 7.61. The first-order chi connectivity index (χ1) is 9.82. The summed E-state index contributed by atoms with van der Waals surface area (Å²) < 4.78 is 0. The van der Waals surface area contributed by atoms with Gasteiger partial charge in [-0.15, -0.1) is 5.20 Å². The van der Waals surface area contributed by atoms with Crippen LogP contribution in [0.15, 0.2) is 65.9 Å². The van der Waals surface area contributed by atoms with Crippen molar-refractivity contribution in [2.45, 2.75) is 27.3 Å². The van der Waals surface area contributed by atoms with Crippen LogP contribution in [0, 0.1) is 12.0 Å². The Hall–Kier alpha value is -1.08. The summed E-state index contributed by atoms with van der Waals surface area (Å²) in [5, 5.41) is 2.87. The van der Waals surface area contributed by atoms with E-state index in [9.17, 15) is 0 Å². The van der Waals surface area contributed by atoms with Crippen LogP contribution in [0.3, 0.4) is 0 Å². The van der Waals surface area contributed by atoms with Crippen molar-refractivity contribution in [2.24, 2.45) is 5.41 Å². The van der Waals surface area contributed by atoms with Crippen LogP contribution in [0.4, 0.5) is 0 Å². The summed E-state index contributed by atoms with van der Waals surface area (Å²) in [5.41, 5.74) is 1.38. The molecular formula is C20H25CuSi. The molecule has 0 saturated heterocycles. The summed E-state index contributed by atoms with van der Waals surface area (Å²) in [6.07, 6.45) is 2.35. The maximum atomic E-state index is 4.67. The molecular weight excluding hydrogens is 332 g/mol. The molecule has 0 amide bonds. The molecule has 0 aliphatic carbocycles. The Kier molecular flexibility index (Phi) is 6.43. The molecule has 0 aliphatic rings. The Morgan fingerprint density at radius 2 is 1.36 bits per heavy atom. The average molecular weight is 357 g/mol. The van der Waals surface area contributed by atoms with Crippen molar-refractivity contribution in [1.82, 2.24) is 0 Å². The van der Waals surface area contributed by atoms with E-state index in [1.54, 1.807) is 0 Å². The molecule has 0 aromatic heterocycles. The van der Waals surface area contributed by atoms with Crippen molar-refractivity contribution in [1.29, 1.82) is 0 Å². The van der Waals surface area contributed by atoms with E-state index in [4.69, 9.17) is 0 Å². The minimum atomic E-state index is -1.92. The molecule has 120 valence electrons. The largest absolute Gasteiger partial charge is 1.00 e. The Morgan fingerprint density at radius 1 is 0.909 bits per heavy atom. The van der Waals surface area contributed by atoms with Gasteiger partial charge in [0, 0.05) is 0 Å². The Bertz CT molecular complexity index is 607. The van der Waals surface area contributed by atoms with E-state index in [0.717, 1.165) is 0 Å². The first-order valence-electron chi connectivity index (χ1n) is 7.50. The fraction of sp³-hybridized carbons (Fsp3) is 0.250. The zero-order valence-corrected chi connectivity index (χ0v) is 15.8. The standard InChI is InChI=1S/C20H25Si.Cu/c1-20(2,3)19(16-17-12-8-6-9-13-17)21(4,5)18-14-10-7-11-15-18;/h6-16H,4H2,1-3,5H3;/q-1;+1/b19-16-;. The van der Waals surface area contributed by atoms with E-state index in [0.29, 0.717) is 0 Å². The predicted molar refractivity (Wildman–Crippen MR) is 96.9 cm³/mol. The van der Waals surface area contributed by atoms with Gasteiger partial charge in [0.2, 0.25) is 0 Å². The van der Waals surface area contributed by atoms with Crippen LogP contribution in [-0.2, 0) is 17.1 Å². The van der Waals surface area contributed by atoms with E-state index >= 15 is 0 Å². The number of hydrogen-bond acceptors (Lipinski definition) is 0. The molecule has 2 rings (SSSR count). The van der Waals surface area contributed by atoms with Crippen LogP contribution in [0.5, 0.6) is 0 Å². The van der Waals surface area contributed by atoms with Gasteiger partial charge in [0.15, 0.2) is 0 Å². The van der Waals surface area contributed by atoms with E-state index in [1.807, 2.05) is 0 Å². The van der Waals surface area contributed by atoms with Crippen LogP contribution in [0.1, 0.15) is 26.3 Å². The molecule has 0 N–H and O–H groups in total. The predicted octanol–water partition coefficient (Wildman–Crippen LogP) is 5.01. The van der Waals surface area contributed by atoms with Crippen molar-refractivity contribution >= 4 is 19.3 Å². The van der Waals surface area contributed by atoms with Crippen molar-refractivity contribution < 1.29 is 17.1 Å². The van der Waals surface area contributed by atoms with Gasteiger partial charge in [0.1, 0.15) is 0 Å². The van der Waals surface area contributed by atoms with Gasteiger partial charge in [-0.2, -0.15) is 0 Å². The van der Waals surface area contributed by atoms with Gasteiger partial charge in [-0.3, -0.25) is 0 Å². The van der Waals surface area contributed by atoms with E-state index < -0.39 is 8.07 Å². The topological polar surface area (TPSA) is 0 Å². The van der Waals surface area contributed by atoms with E-state index in [2.05, 4.69) is 101 Å². The number of rotatable bonds is 3. The number of hydrogen-bond donors (Lipinski definition) is 0. The summed E-state index contributed by atoms with van der Waals surface area (Å²) in [5.74, 6) is 0. The monoisotopic (exact) mass is 356 g/mol. The number of benzene rings is 2. The van der Waals surface area contributed by atoms with E-state index in [1.165, 1.54) is 15.9 Å². The van der Waals surface area contributed by atoms with Crippen LogP contribution in [-0.4, -0.2) is 8.07 Å². The minimum absolute atomic E-state index is 0. The third-order valence-electron chi connectivity index (χ3n) is 3.92. The van der Waals surface area contributed by atoms with Gasteiger partial charge in [0.25, 0.3) is 0 Å². The summed E-state index contributed by atoms with van der Waals surface area (Å²) in [6.45, 7) is 13.9. The molecule has 0 aliphatic heterocycles. The first-order valence-corrected chi connectivity index (χ1v) is 10.2. The fourth-order valence-corrected chi connectivity index (χ4v) is 6.26. The molecule has 0 fully saturated rings. The molecule has 0 nitrogen and oxygen atoms in total. The van der Waals surface area contributed by atoms with Gasteiger partial charge in [-0.1, -0.05) is 99.2 Å². The maximum absolute atomic E-state index is 4.67. The van der Waals surface area contributed by atoms with Crippen LogP contribution >= 0.6 is 0 Å². The molecule has 0 bridgehead atoms. The molecule has 1 atom stereocenters. The second-order valence-corrected chi connectivity index (χ2v) is 10.7. The molecule has 1 unspecified atom stereocenters. The smallest absolute Gasteiger partial charge is 0.334 e. The van der Waals surface area contributed by atoms with Crippen molar-refractivity contribution in [3.63, 3.8) is 0 Å². The van der Waals surface area contributed by atoms with Gasteiger partial charge in [-0.25, -0.2) is 0 Å². The Balaban J connectivity index is 0.00000242. The van der Waals surface area contributed by atoms with E-state index in [-0.39, 0.29) is 22.5 Å². The summed E-state index contributed by atoms with van der Waals surface area (Å²) in [4.78, 5) is 0. The summed E-state index contributed by atoms with van der Waals surface area (Å²) >= 11 is 0. The van der Waals surface area contributed by atoms with Gasteiger partial charge < -0.3 is 6.55 Å². The molecule has 2 heteroatoms. The Labute approximate surface area is 147 Å². The Morgan fingerprint density at radius 3 is 1.82 bits per heavy atom. The quantitative estimate of drug-likeness (QED) is 0.535. The van der Waals surface area contributed by atoms with Gasteiger partial charge in [0.05, 0.1) is 0 Å². The number of allylic oxidation sites excluding steroid dienone is 1.